The Kier molecular flexibility index (Phi) is 6.91. The number of hydrogen-bond donors (Lipinski definition) is 6. The molecule has 2 unspecified atom stereocenters. The number of nitrogens with zero attached hydrogens (tertiary/aromatic N) is 4. The third-order valence-corrected chi connectivity index (χ3v) is 8.15. The van der Waals surface area contributed by atoms with E-state index in [1.165, 1.54) is 17.8 Å². The number of nitrogens with two attached hydrogens (primary N) is 1. The van der Waals surface area contributed by atoms with Gasteiger partial charge in [-0.3, -0.25) is 9.09 Å². The second-order valence-corrected chi connectivity index (χ2v) is 11.5. The maximum Gasteiger partial charge on any atom is 0.490 e. The van der Waals surface area contributed by atoms with E-state index in [2.05, 4.69) is 28.1 Å². The molecule has 1 fully saturated rings. The zero-order valence-electron chi connectivity index (χ0n) is 15.8. The molecule has 0 spiro atoms. The van der Waals surface area contributed by atoms with E-state index >= 15 is 0 Å². The van der Waals surface area contributed by atoms with Gasteiger partial charge in [-0.15, -0.1) is 0 Å². The number of rotatable bonds is 8. The van der Waals surface area contributed by atoms with Crippen LogP contribution < -0.4 is 5.73 Å². The third kappa shape index (κ3) is 5.90. The molecular formula is C11H17ClN5O12P3. The molecule has 180 valence electrons. The van der Waals surface area contributed by atoms with Crippen molar-refractivity contribution in [1.29, 1.82) is 0 Å². The van der Waals surface area contributed by atoms with Crippen molar-refractivity contribution in [2.75, 3.05) is 12.3 Å². The van der Waals surface area contributed by atoms with Crippen molar-refractivity contribution in [2.24, 2.45) is 0 Å². The normalized spacial score (nSPS) is 28.0. The second-order valence-electron chi connectivity index (χ2n) is 6.70. The van der Waals surface area contributed by atoms with Crippen LogP contribution >= 0.6 is 35.1 Å². The van der Waals surface area contributed by atoms with Gasteiger partial charge in [-0.1, -0.05) is 0 Å². The number of phosphoric ester groups is 1. The Bertz CT molecular complexity index is 1170. The molecule has 7 N–H and O–H groups in total. The fourth-order valence-corrected chi connectivity index (χ4v) is 6.10. The number of hydrogen-bond acceptors (Lipinski definition) is 12. The smallest absolute Gasteiger partial charge is 0.390 e. The maximum atomic E-state index is 11.9. The first-order valence-corrected chi connectivity index (χ1v) is 13.2. The van der Waals surface area contributed by atoms with Crippen LogP contribution in [0.25, 0.3) is 11.2 Å². The molecule has 0 saturated carbocycles. The number of aromatic nitrogens is 4. The van der Waals surface area contributed by atoms with Crippen LogP contribution in [0.1, 0.15) is 19.6 Å². The van der Waals surface area contributed by atoms with Crippen molar-refractivity contribution in [3.63, 3.8) is 0 Å². The molecule has 0 aliphatic carbocycles. The van der Waals surface area contributed by atoms with Gasteiger partial charge in [-0.25, -0.2) is 18.7 Å². The quantitative estimate of drug-likeness (QED) is 0.196. The number of anilines is 1. The Morgan fingerprint density at radius 2 is 1.91 bits per heavy atom. The SMILES string of the molecule is C[C@]1(COP(=O)(O)OP(=O)(O)OP(=O)(O)O)O[C@@H](n2cnc3c(N)nc(Cl)nc32)C[C@@H]1O. The molecule has 3 heterocycles. The minimum absolute atomic E-state index is 0.00714. The van der Waals surface area contributed by atoms with E-state index in [4.69, 9.17) is 31.9 Å². The van der Waals surface area contributed by atoms with Gasteiger partial charge in [0.1, 0.15) is 17.3 Å². The van der Waals surface area contributed by atoms with E-state index in [1.54, 1.807) is 0 Å². The summed E-state index contributed by atoms with van der Waals surface area (Å²) in [7, 11) is -16.6. The van der Waals surface area contributed by atoms with Crippen molar-refractivity contribution in [3.05, 3.63) is 11.6 Å². The molecule has 0 radical (unpaired) electrons. The number of aliphatic hydroxyl groups excluding tert-OH is 1. The van der Waals surface area contributed by atoms with Crippen LogP contribution in [0.4, 0.5) is 5.82 Å². The summed E-state index contributed by atoms with van der Waals surface area (Å²) in [6.45, 7) is 0.455. The van der Waals surface area contributed by atoms with Crippen molar-refractivity contribution in [1.82, 2.24) is 19.5 Å². The number of halogens is 1. The van der Waals surface area contributed by atoms with E-state index in [1.807, 2.05) is 0 Å². The standard InChI is InChI=1S/C11H17ClN5O12P3/c1-11(3-26-31(22,23)29-32(24,25)28-30(19,20)21)5(18)2-6(27-11)17-4-14-7-8(13)15-10(12)16-9(7)17/h4-6,18H,2-3H2,1H3,(H,22,23)(H,24,25)(H2,13,15,16)(H2,19,20,21)/t5-,6+,11+/m0/s1. The molecule has 21 heteroatoms. The van der Waals surface area contributed by atoms with Crippen molar-refractivity contribution in [3.8, 4) is 0 Å². The molecule has 2 aromatic rings. The van der Waals surface area contributed by atoms with Crippen LogP contribution in [0, 0.1) is 0 Å². The second kappa shape index (κ2) is 8.64. The Balaban J connectivity index is 1.73. The van der Waals surface area contributed by atoms with Crippen molar-refractivity contribution in [2.45, 2.75) is 31.3 Å². The van der Waals surface area contributed by atoms with Crippen LogP contribution in [-0.4, -0.2) is 62.5 Å². The van der Waals surface area contributed by atoms with Gasteiger partial charge in [0.2, 0.25) is 5.28 Å². The lowest BCUT2D eigenvalue weighted by Gasteiger charge is -2.28. The summed E-state index contributed by atoms with van der Waals surface area (Å²) < 4.78 is 53.0. The van der Waals surface area contributed by atoms with Gasteiger partial charge < -0.3 is 35.2 Å². The molecule has 5 atom stereocenters. The number of fused-ring (bicyclic) bond motifs is 1. The lowest BCUT2D eigenvalue weighted by Crippen LogP contribution is -2.40. The number of ether oxygens (including phenoxy) is 1. The van der Waals surface area contributed by atoms with Crippen LogP contribution in [0.3, 0.4) is 0 Å². The maximum absolute atomic E-state index is 11.9. The zero-order chi connectivity index (χ0) is 24.1. The predicted octanol–water partition coefficient (Wildman–Crippen LogP) is 0.444. The molecule has 1 saturated heterocycles. The Morgan fingerprint density at radius 1 is 1.25 bits per heavy atom. The van der Waals surface area contributed by atoms with Crippen molar-refractivity contribution < 1.29 is 56.3 Å². The summed E-state index contributed by atoms with van der Waals surface area (Å²) >= 11 is 5.81. The van der Waals surface area contributed by atoms with E-state index in [9.17, 15) is 28.6 Å². The van der Waals surface area contributed by atoms with Crippen molar-refractivity contribution >= 4 is 52.1 Å². The molecular weight excluding hydrogens is 523 g/mol. The molecule has 2 aromatic heterocycles. The molecule has 0 bridgehead atoms. The molecule has 17 nitrogen and oxygen atoms in total. The summed E-state index contributed by atoms with van der Waals surface area (Å²) in [5.74, 6) is 0.00714. The topological polar surface area (TPSA) is 259 Å². The summed E-state index contributed by atoms with van der Waals surface area (Å²) in [5, 5.41) is 10.3. The van der Waals surface area contributed by atoms with E-state index in [0.717, 1.165) is 0 Å². The predicted molar refractivity (Wildman–Crippen MR) is 104 cm³/mol. The number of nitrogen functional groups attached to an aromatic ring is 1. The van der Waals surface area contributed by atoms with Gasteiger partial charge in [-0.05, 0) is 18.5 Å². The first kappa shape index (κ1) is 25.6. The fraction of sp³-hybridized carbons (Fsp3) is 0.545. The largest absolute Gasteiger partial charge is 0.490 e. The molecule has 0 amide bonds. The lowest BCUT2D eigenvalue weighted by atomic mass is 10.0. The average Bonchev–Trinajstić information content (AvgIpc) is 3.12. The first-order chi connectivity index (χ1) is 14.5. The highest BCUT2D eigenvalue weighted by Crippen LogP contribution is 2.66. The minimum Gasteiger partial charge on any atom is -0.390 e. The van der Waals surface area contributed by atoms with Gasteiger partial charge in [0.05, 0.1) is 19.0 Å². The molecule has 0 aromatic carbocycles. The summed E-state index contributed by atoms with van der Waals surface area (Å²) in [5.41, 5.74) is 4.50. The van der Waals surface area contributed by atoms with Crippen LogP contribution in [0.2, 0.25) is 5.28 Å². The Labute approximate surface area is 183 Å². The molecule has 3 rings (SSSR count). The van der Waals surface area contributed by atoms with Gasteiger partial charge in [0.15, 0.2) is 11.5 Å². The van der Waals surface area contributed by atoms with Gasteiger partial charge in [-0.2, -0.15) is 18.6 Å². The highest BCUT2D eigenvalue weighted by atomic mass is 35.5. The minimum atomic E-state index is -5.68. The number of imidazole rings is 1. The van der Waals surface area contributed by atoms with Gasteiger partial charge in [0.25, 0.3) is 0 Å². The van der Waals surface area contributed by atoms with E-state index in [-0.39, 0.29) is 28.7 Å². The first-order valence-electron chi connectivity index (χ1n) is 8.30. The highest BCUT2D eigenvalue weighted by Gasteiger charge is 2.48. The van der Waals surface area contributed by atoms with Gasteiger partial charge >= 0.3 is 23.5 Å². The average molecular weight is 540 g/mol. The van der Waals surface area contributed by atoms with Crippen LogP contribution in [0.5, 0.6) is 0 Å². The molecule has 1 aliphatic heterocycles. The zero-order valence-corrected chi connectivity index (χ0v) is 19.3. The summed E-state index contributed by atoms with van der Waals surface area (Å²) in [6.07, 6.45) is -0.956. The molecule has 1 aliphatic rings. The van der Waals surface area contributed by atoms with Crippen LogP contribution in [0.15, 0.2) is 6.33 Å². The lowest BCUT2D eigenvalue weighted by molar-refractivity contribution is -0.113. The molecule has 32 heavy (non-hydrogen) atoms. The number of phosphoric acid groups is 3. The van der Waals surface area contributed by atoms with E-state index in [0.29, 0.717) is 0 Å². The Morgan fingerprint density at radius 3 is 2.53 bits per heavy atom. The van der Waals surface area contributed by atoms with Gasteiger partial charge in [0, 0.05) is 6.42 Å². The van der Waals surface area contributed by atoms with Crippen LogP contribution in [-0.2, 0) is 31.6 Å². The monoisotopic (exact) mass is 539 g/mol. The number of aliphatic hydroxyl groups is 1. The fourth-order valence-electron chi connectivity index (χ4n) is 2.81. The summed E-state index contributed by atoms with van der Waals surface area (Å²) in [4.78, 5) is 47.7. The Hall–Kier alpha value is -1.03. The summed E-state index contributed by atoms with van der Waals surface area (Å²) in [6, 6.07) is 0. The van der Waals surface area contributed by atoms with E-state index < -0.39 is 48.0 Å². The highest BCUT2D eigenvalue weighted by molar-refractivity contribution is 7.66. The third-order valence-electron chi connectivity index (χ3n) is 4.20.